The smallest absolute Gasteiger partial charge is 0.252 e. The number of anilines is 1. The zero-order valence-electron chi connectivity index (χ0n) is 38.0. The molecule has 0 bridgehead atoms. The Hall–Kier alpha value is -3.66. The largest absolute Gasteiger partial charge is 0.871 e. The lowest BCUT2D eigenvalue weighted by Gasteiger charge is -2.42. The molecule has 0 aliphatic carbocycles. The molecule has 3 aromatic carbocycles. The Morgan fingerprint density at radius 2 is 1.04 bits per heavy atom. The monoisotopic (exact) mass is 759 g/mol. The van der Waals surface area contributed by atoms with Crippen molar-refractivity contribution in [2.45, 2.75) is 184 Å². The Labute approximate surface area is 341 Å². The molecule has 0 radical (unpaired) electrons. The van der Waals surface area contributed by atoms with Gasteiger partial charge in [0.1, 0.15) is 0 Å². The van der Waals surface area contributed by atoms with Crippen LogP contribution in [0.1, 0.15) is 211 Å². The number of carbonyl (C=O) groups excluding carboxylic acids is 1. The molecule has 3 aromatic rings. The van der Waals surface area contributed by atoms with E-state index in [1.165, 1.54) is 33.6 Å². The van der Waals surface area contributed by atoms with Gasteiger partial charge in [0.05, 0.1) is 5.41 Å². The zero-order chi connectivity index (χ0) is 41.7. The van der Waals surface area contributed by atoms with Crippen LogP contribution in [0, 0.1) is 10.8 Å². The van der Waals surface area contributed by atoms with Crippen LogP contribution >= 0.6 is 0 Å². The molecule has 0 unspecified atom stereocenters. The third kappa shape index (κ3) is 7.21. The first-order chi connectivity index (χ1) is 26.2. The molecular weight excluding hydrogens is 685 g/mol. The van der Waals surface area contributed by atoms with Gasteiger partial charge in [0.15, 0.2) is 5.54 Å². The van der Waals surface area contributed by atoms with E-state index in [0.717, 1.165) is 49.9 Å². The van der Waals surface area contributed by atoms with Crippen molar-refractivity contribution in [1.82, 2.24) is 0 Å². The Bertz CT molecular complexity index is 1920. The highest BCUT2D eigenvalue weighted by Crippen LogP contribution is 2.58. The summed E-state index contributed by atoms with van der Waals surface area (Å²) in [6, 6.07) is 21.1. The number of ketones is 1. The van der Waals surface area contributed by atoms with E-state index in [-0.39, 0.29) is 33.5 Å². The number of allylic oxidation sites excluding steroid dienone is 1. The maximum Gasteiger partial charge on any atom is 0.252 e. The van der Waals surface area contributed by atoms with E-state index < -0.39 is 0 Å². The molecule has 304 valence electrons. The molecule has 56 heavy (non-hydrogen) atoms. The van der Waals surface area contributed by atoms with Gasteiger partial charge in [-0.05, 0) is 86.3 Å². The summed E-state index contributed by atoms with van der Waals surface area (Å²) in [4.78, 5) is 17.7. The molecule has 4 heteroatoms. The quantitative estimate of drug-likeness (QED) is 0.0990. The van der Waals surface area contributed by atoms with Gasteiger partial charge < -0.3 is 10.0 Å². The lowest BCUT2D eigenvalue weighted by Crippen LogP contribution is -2.40. The van der Waals surface area contributed by atoms with Crippen molar-refractivity contribution >= 4 is 28.6 Å². The van der Waals surface area contributed by atoms with Gasteiger partial charge >= 0.3 is 0 Å². The van der Waals surface area contributed by atoms with Crippen LogP contribution in [0.25, 0.3) is 5.76 Å². The van der Waals surface area contributed by atoms with Crippen LogP contribution in [-0.4, -0.2) is 27.1 Å². The molecule has 0 saturated carbocycles. The van der Waals surface area contributed by atoms with E-state index >= 15 is 9.90 Å². The van der Waals surface area contributed by atoms with Crippen LogP contribution in [0.5, 0.6) is 0 Å². The van der Waals surface area contributed by atoms with Crippen molar-refractivity contribution in [2.24, 2.45) is 10.8 Å². The van der Waals surface area contributed by atoms with Crippen LogP contribution in [0.4, 0.5) is 11.4 Å². The third-order valence-corrected chi connectivity index (χ3v) is 13.9. The SMILES string of the molecule is CCC1(CC)CC(C)(C)N(c2c(C(C)C)cccc2C(C)C)C1=C([O-])c1ccc(C(=O)C2=[N+](c3c(C(C)C)cccc3C(C)C)C(C)(C)CC2(CC)CC)cc1. The summed E-state index contributed by atoms with van der Waals surface area (Å²) in [6.07, 6.45) is 5.36. The summed E-state index contributed by atoms with van der Waals surface area (Å²) < 4.78 is 2.45. The highest BCUT2D eigenvalue weighted by molar-refractivity contribution is 6.46. The lowest BCUT2D eigenvalue weighted by atomic mass is 9.71. The van der Waals surface area contributed by atoms with Gasteiger partial charge in [-0.25, -0.2) is 0 Å². The molecule has 1 fully saturated rings. The van der Waals surface area contributed by atoms with E-state index in [1.807, 2.05) is 24.3 Å². The van der Waals surface area contributed by atoms with Gasteiger partial charge in [-0.1, -0.05) is 150 Å². The number of benzene rings is 3. The van der Waals surface area contributed by atoms with Gasteiger partial charge in [-0.15, -0.1) is 0 Å². The second-order valence-corrected chi connectivity index (χ2v) is 19.7. The molecule has 0 amide bonds. The number of nitrogens with zero attached hydrogens (tertiary/aromatic N) is 2. The van der Waals surface area contributed by atoms with E-state index in [2.05, 4.69) is 157 Å². The summed E-state index contributed by atoms with van der Waals surface area (Å²) in [6.45, 7) is 36.4. The van der Waals surface area contributed by atoms with Crippen molar-refractivity contribution in [3.05, 3.63) is 99.7 Å². The standard InChI is InChI=1S/C52H74N2O2/c1-17-51(18-2)31-49(13,14)53(43-39(33(5)6)23-21-24-40(43)34(7)8)47(51)45(55)37-27-29-38(30-28-37)46(56)48-52(19-3,20-4)32-50(15,16)54(48)44-41(35(9)10)25-22-26-42(44)36(11)12/h21-30,33-36H,17-20,31-32H2,1-16H3. The highest BCUT2D eigenvalue weighted by atomic mass is 16.3. The molecule has 5 rings (SSSR count). The van der Waals surface area contributed by atoms with E-state index in [4.69, 9.17) is 0 Å². The molecule has 0 spiro atoms. The number of rotatable bonds is 13. The Balaban J connectivity index is 1.76. The van der Waals surface area contributed by atoms with Crippen LogP contribution in [0.3, 0.4) is 0 Å². The minimum absolute atomic E-state index is 0.0757. The predicted octanol–water partition coefficient (Wildman–Crippen LogP) is 13.7. The Morgan fingerprint density at radius 1 is 0.625 bits per heavy atom. The maximum absolute atomic E-state index is 15.3. The molecule has 4 nitrogen and oxygen atoms in total. The van der Waals surface area contributed by atoms with Crippen molar-refractivity contribution in [1.29, 1.82) is 0 Å². The number of hydrogen-bond acceptors (Lipinski definition) is 3. The third-order valence-electron chi connectivity index (χ3n) is 13.9. The second kappa shape index (κ2) is 15.9. The van der Waals surface area contributed by atoms with Crippen molar-refractivity contribution in [2.75, 3.05) is 4.90 Å². The predicted molar refractivity (Wildman–Crippen MR) is 238 cm³/mol. The zero-order valence-corrected chi connectivity index (χ0v) is 38.0. The van der Waals surface area contributed by atoms with Crippen molar-refractivity contribution in [3.63, 3.8) is 0 Å². The molecule has 0 aromatic heterocycles. The fourth-order valence-electron chi connectivity index (χ4n) is 10.8. The minimum atomic E-state index is -0.265. The van der Waals surface area contributed by atoms with Crippen LogP contribution < -0.4 is 10.0 Å². The molecule has 2 aliphatic rings. The molecule has 1 saturated heterocycles. The van der Waals surface area contributed by atoms with Gasteiger partial charge in [0.25, 0.3) is 5.78 Å². The van der Waals surface area contributed by atoms with E-state index in [0.29, 0.717) is 34.8 Å². The van der Waals surface area contributed by atoms with Gasteiger partial charge in [-0.2, -0.15) is 4.58 Å². The Kier molecular flexibility index (Phi) is 12.4. The first-order valence-corrected chi connectivity index (χ1v) is 22.0. The molecule has 0 atom stereocenters. The first kappa shape index (κ1) is 43.5. The number of para-hydroxylation sites is 2. The summed E-state index contributed by atoms with van der Waals surface area (Å²) in [5.41, 5.74) is 9.62. The average Bonchev–Trinajstić information content (AvgIpc) is 3.56. The van der Waals surface area contributed by atoms with Gasteiger partial charge in [0.2, 0.25) is 11.4 Å². The summed E-state index contributed by atoms with van der Waals surface area (Å²) >= 11 is 0. The summed E-state index contributed by atoms with van der Waals surface area (Å²) in [5.74, 6) is 1.37. The number of Topliss-reactive ketones (excluding diaryl/α,β-unsaturated/α-hetero) is 1. The van der Waals surface area contributed by atoms with Gasteiger partial charge in [-0.3, -0.25) is 4.79 Å². The van der Waals surface area contributed by atoms with Crippen molar-refractivity contribution < 1.29 is 14.5 Å². The minimum Gasteiger partial charge on any atom is -0.871 e. The number of hydrogen-bond donors (Lipinski definition) is 0. The van der Waals surface area contributed by atoms with E-state index in [1.54, 1.807) is 0 Å². The maximum atomic E-state index is 15.3. The van der Waals surface area contributed by atoms with Gasteiger partial charge in [0, 0.05) is 59.3 Å². The van der Waals surface area contributed by atoms with Crippen LogP contribution in [0.15, 0.2) is 66.4 Å². The fourth-order valence-corrected chi connectivity index (χ4v) is 10.8. The average molecular weight is 759 g/mol. The van der Waals surface area contributed by atoms with Crippen molar-refractivity contribution in [3.8, 4) is 0 Å². The first-order valence-electron chi connectivity index (χ1n) is 22.0. The molecule has 2 aliphatic heterocycles. The number of carbonyl (C=O) groups is 1. The molecule has 2 heterocycles. The normalized spacial score (nSPS) is 19.6. The van der Waals surface area contributed by atoms with Crippen LogP contribution in [0.2, 0.25) is 0 Å². The Morgan fingerprint density at radius 3 is 1.45 bits per heavy atom. The topological polar surface area (TPSA) is 46.4 Å². The summed E-state index contributed by atoms with van der Waals surface area (Å²) in [7, 11) is 0. The molecule has 0 N–H and O–H groups in total. The lowest BCUT2D eigenvalue weighted by molar-refractivity contribution is -0.515. The summed E-state index contributed by atoms with van der Waals surface area (Å²) in [5, 5.41) is 15.3. The highest BCUT2D eigenvalue weighted by Gasteiger charge is 2.59. The second-order valence-electron chi connectivity index (χ2n) is 19.7. The fraction of sp³-hybridized carbons (Fsp3) is 0.577. The van der Waals surface area contributed by atoms with Crippen LogP contribution in [-0.2, 0) is 0 Å². The molecular formula is C52H74N2O2. The van der Waals surface area contributed by atoms with E-state index in [9.17, 15) is 0 Å².